The van der Waals surface area contributed by atoms with Crippen LogP contribution in [0.4, 0.5) is 4.39 Å². The Morgan fingerprint density at radius 1 is 1.43 bits per heavy atom. The van der Waals surface area contributed by atoms with Crippen molar-refractivity contribution < 1.29 is 4.39 Å². The molecule has 1 aromatic carbocycles. The number of aryl methyl sites for hydroxylation is 1. The molecular formula is C17H22ClFN2. The molecule has 0 bridgehead atoms. The molecule has 3 rings (SSSR count). The molecule has 0 aliphatic heterocycles. The number of rotatable bonds is 3. The molecule has 4 heteroatoms. The smallest absolute Gasteiger partial charge is 0.128 e. The zero-order valence-corrected chi connectivity index (χ0v) is 13.6. The highest BCUT2D eigenvalue weighted by Crippen LogP contribution is 2.35. The van der Waals surface area contributed by atoms with Crippen molar-refractivity contribution in [1.82, 2.24) is 9.55 Å². The van der Waals surface area contributed by atoms with E-state index in [0.717, 1.165) is 23.8 Å². The molecule has 3 unspecified atom stereocenters. The third-order valence-corrected chi connectivity index (χ3v) is 5.07. The summed E-state index contributed by atoms with van der Waals surface area (Å²) in [5.41, 5.74) is 2.39. The number of hydrogen-bond donors (Lipinski definition) is 0. The van der Waals surface area contributed by atoms with E-state index in [0.29, 0.717) is 17.0 Å². The van der Waals surface area contributed by atoms with Crippen molar-refractivity contribution in [2.24, 2.45) is 11.8 Å². The number of aromatic nitrogens is 2. The first kappa shape index (κ1) is 14.8. The fraction of sp³-hybridized carbons (Fsp3) is 0.588. The van der Waals surface area contributed by atoms with E-state index in [-0.39, 0.29) is 11.2 Å². The number of benzene rings is 1. The number of imidazole rings is 1. The Morgan fingerprint density at radius 3 is 2.81 bits per heavy atom. The first-order chi connectivity index (χ1) is 9.97. The van der Waals surface area contributed by atoms with E-state index < -0.39 is 0 Å². The van der Waals surface area contributed by atoms with E-state index in [1.165, 1.54) is 25.3 Å². The molecule has 1 fully saturated rings. The van der Waals surface area contributed by atoms with Crippen LogP contribution < -0.4 is 0 Å². The molecule has 1 aliphatic rings. The predicted molar refractivity (Wildman–Crippen MR) is 85.2 cm³/mol. The van der Waals surface area contributed by atoms with Gasteiger partial charge in [0.15, 0.2) is 0 Å². The Labute approximate surface area is 130 Å². The Kier molecular flexibility index (Phi) is 3.96. The van der Waals surface area contributed by atoms with Gasteiger partial charge in [0.1, 0.15) is 11.6 Å². The molecule has 0 amide bonds. The van der Waals surface area contributed by atoms with Crippen LogP contribution in [0.3, 0.4) is 0 Å². The number of fused-ring (bicyclic) bond motifs is 1. The van der Waals surface area contributed by atoms with Gasteiger partial charge >= 0.3 is 0 Å². The minimum atomic E-state index is -0.199. The van der Waals surface area contributed by atoms with E-state index in [4.69, 9.17) is 11.6 Å². The lowest BCUT2D eigenvalue weighted by molar-refractivity contribution is 0.363. The highest BCUT2D eigenvalue weighted by Gasteiger charge is 2.26. The number of nitrogens with zero attached hydrogens (tertiary/aromatic N) is 2. The molecule has 0 radical (unpaired) electrons. The average Bonchev–Trinajstić information content (AvgIpc) is 2.97. The second-order valence-electron chi connectivity index (χ2n) is 6.45. The standard InChI is InChI=1S/C17H22ClFN2/c1-10-5-4-6-13(10)9-21-16-7-11(2)14(19)8-15(16)20-17(21)12(3)18/h7-8,10,12-13H,4-6,9H2,1-3H3. The fourth-order valence-corrected chi connectivity index (χ4v) is 3.66. The maximum atomic E-state index is 13.8. The van der Waals surface area contributed by atoms with Gasteiger partial charge in [-0.2, -0.15) is 0 Å². The van der Waals surface area contributed by atoms with Crippen molar-refractivity contribution in [2.45, 2.75) is 52.0 Å². The molecule has 2 nitrogen and oxygen atoms in total. The number of alkyl halides is 1. The van der Waals surface area contributed by atoms with Crippen LogP contribution in [0, 0.1) is 24.6 Å². The van der Waals surface area contributed by atoms with Gasteiger partial charge in [-0.15, -0.1) is 11.6 Å². The van der Waals surface area contributed by atoms with E-state index in [9.17, 15) is 4.39 Å². The van der Waals surface area contributed by atoms with Crippen LogP contribution in [0.25, 0.3) is 11.0 Å². The summed E-state index contributed by atoms with van der Waals surface area (Å²) in [6, 6.07) is 3.43. The van der Waals surface area contributed by atoms with Crippen molar-refractivity contribution in [3.63, 3.8) is 0 Å². The van der Waals surface area contributed by atoms with Gasteiger partial charge < -0.3 is 4.57 Å². The average molecular weight is 309 g/mol. The maximum Gasteiger partial charge on any atom is 0.128 e. The first-order valence-electron chi connectivity index (χ1n) is 7.77. The summed E-state index contributed by atoms with van der Waals surface area (Å²) in [5.74, 6) is 2.07. The SMILES string of the molecule is Cc1cc2c(cc1F)nc(C(C)Cl)n2CC1CCCC1C. The third kappa shape index (κ3) is 2.68. The zero-order chi connectivity index (χ0) is 15.1. The monoisotopic (exact) mass is 308 g/mol. The summed E-state index contributed by atoms with van der Waals surface area (Å²) in [4.78, 5) is 4.57. The second-order valence-corrected chi connectivity index (χ2v) is 7.11. The lowest BCUT2D eigenvalue weighted by Gasteiger charge is -2.19. The van der Waals surface area contributed by atoms with Crippen molar-refractivity contribution >= 4 is 22.6 Å². The van der Waals surface area contributed by atoms with Gasteiger partial charge in [0.05, 0.1) is 16.4 Å². The van der Waals surface area contributed by atoms with Gasteiger partial charge in [-0.3, -0.25) is 0 Å². The highest BCUT2D eigenvalue weighted by atomic mass is 35.5. The van der Waals surface area contributed by atoms with E-state index in [2.05, 4.69) is 16.5 Å². The molecule has 1 saturated carbocycles. The maximum absolute atomic E-state index is 13.8. The summed E-state index contributed by atoms with van der Waals surface area (Å²) in [6.45, 7) is 7.00. The predicted octanol–water partition coefficient (Wildman–Crippen LogP) is 5.22. The highest BCUT2D eigenvalue weighted by molar-refractivity contribution is 6.20. The summed E-state index contributed by atoms with van der Waals surface area (Å²) in [5, 5.41) is -0.169. The quantitative estimate of drug-likeness (QED) is 0.711. The Balaban J connectivity index is 2.09. The van der Waals surface area contributed by atoms with Crippen molar-refractivity contribution in [1.29, 1.82) is 0 Å². The summed E-state index contributed by atoms with van der Waals surface area (Å²) in [6.07, 6.45) is 3.87. The van der Waals surface area contributed by atoms with Crippen molar-refractivity contribution in [3.05, 3.63) is 29.3 Å². The molecule has 3 atom stereocenters. The topological polar surface area (TPSA) is 17.8 Å². The van der Waals surface area contributed by atoms with Crippen LogP contribution in [0.5, 0.6) is 0 Å². The minimum Gasteiger partial charge on any atom is -0.326 e. The largest absolute Gasteiger partial charge is 0.326 e. The minimum absolute atomic E-state index is 0.169. The Hall–Kier alpha value is -1.09. The fourth-order valence-electron chi connectivity index (χ4n) is 3.49. The molecule has 1 aliphatic carbocycles. The van der Waals surface area contributed by atoms with Crippen molar-refractivity contribution in [2.75, 3.05) is 0 Å². The molecular weight excluding hydrogens is 287 g/mol. The van der Waals surface area contributed by atoms with Crippen LogP contribution in [-0.2, 0) is 6.54 Å². The molecule has 0 saturated heterocycles. The van der Waals surface area contributed by atoms with Gasteiger partial charge in [-0.25, -0.2) is 9.37 Å². The van der Waals surface area contributed by atoms with Gasteiger partial charge in [0, 0.05) is 12.6 Å². The Morgan fingerprint density at radius 2 is 2.19 bits per heavy atom. The molecule has 21 heavy (non-hydrogen) atoms. The van der Waals surface area contributed by atoms with E-state index in [1.807, 2.05) is 13.0 Å². The van der Waals surface area contributed by atoms with Gasteiger partial charge in [0.25, 0.3) is 0 Å². The van der Waals surface area contributed by atoms with Gasteiger partial charge in [-0.1, -0.05) is 19.8 Å². The van der Waals surface area contributed by atoms with Crippen LogP contribution >= 0.6 is 11.6 Å². The second kappa shape index (κ2) is 5.60. The van der Waals surface area contributed by atoms with E-state index >= 15 is 0 Å². The van der Waals surface area contributed by atoms with Crippen LogP contribution in [0.1, 0.15) is 49.9 Å². The molecule has 0 N–H and O–H groups in total. The van der Waals surface area contributed by atoms with Gasteiger partial charge in [-0.05, 0) is 43.7 Å². The molecule has 1 aromatic heterocycles. The number of hydrogen-bond acceptors (Lipinski definition) is 1. The first-order valence-corrected chi connectivity index (χ1v) is 8.21. The Bertz CT molecular complexity index is 662. The normalized spacial score (nSPS) is 23.9. The molecule has 0 spiro atoms. The third-order valence-electron chi connectivity index (χ3n) is 4.87. The van der Waals surface area contributed by atoms with Crippen molar-refractivity contribution in [3.8, 4) is 0 Å². The summed E-state index contributed by atoms with van der Waals surface area (Å²) in [7, 11) is 0. The van der Waals surface area contributed by atoms with E-state index in [1.54, 1.807) is 6.92 Å². The summed E-state index contributed by atoms with van der Waals surface area (Å²) >= 11 is 6.30. The lowest BCUT2D eigenvalue weighted by Crippen LogP contribution is -2.15. The lowest BCUT2D eigenvalue weighted by atomic mass is 9.98. The zero-order valence-electron chi connectivity index (χ0n) is 12.9. The summed E-state index contributed by atoms with van der Waals surface area (Å²) < 4.78 is 16.0. The van der Waals surface area contributed by atoms with Gasteiger partial charge in [0.2, 0.25) is 0 Å². The number of halogens is 2. The van der Waals surface area contributed by atoms with Crippen LogP contribution in [0.15, 0.2) is 12.1 Å². The molecule has 114 valence electrons. The van der Waals surface area contributed by atoms with Crippen LogP contribution in [-0.4, -0.2) is 9.55 Å². The van der Waals surface area contributed by atoms with Crippen LogP contribution in [0.2, 0.25) is 0 Å². The molecule has 1 heterocycles. The molecule has 2 aromatic rings.